The Kier molecular flexibility index (Phi) is 7.82. The van der Waals surface area contributed by atoms with Crippen molar-refractivity contribution in [2.24, 2.45) is 0 Å². The number of carbonyl (C=O) groups excluding carboxylic acids is 2. The molecule has 0 radical (unpaired) electrons. The van der Waals surface area contributed by atoms with Gasteiger partial charge in [0.25, 0.3) is 11.8 Å². The van der Waals surface area contributed by atoms with Crippen molar-refractivity contribution in [3.63, 3.8) is 0 Å². The molecule has 0 unspecified atom stereocenters. The Morgan fingerprint density at radius 3 is 2.30 bits per heavy atom. The maximum Gasteiger partial charge on any atom is 0.255 e. The van der Waals surface area contributed by atoms with E-state index in [0.717, 1.165) is 19.6 Å². The van der Waals surface area contributed by atoms with E-state index in [1.54, 1.807) is 55.6 Å². The largest absolute Gasteiger partial charge is 0.497 e. The SMILES string of the molecule is CC[NH+](CC)CCNC(=O)c1ccc(NC(=O)c2cccc(OC)c2)cc1. The van der Waals surface area contributed by atoms with Gasteiger partial charge in [-0.25, -0.2) is 0 Å². The number of hydrogen-bond donors (Lipinski definition) is 3. The Labute approximate surface area is 160 Å². The average Bonchev–Trinajstić information content (AvgIpc) is 2.71. The molecule has 2 rings (SSSR count). The maximum absolute atomic E-state index is 12.3. The van der Waals surface area contributed by atoms with Gasteiger partial charge in [0.2, 0.25) is 0 Å². The number of benzene rings is 2. The topological polar surface area (TPSA) is 71.9 Å². The Bertz CT molecular complexity index is 756. The van der Waals surface area contributed by atoms with Crippen LogP contribution in [0.2, 0.25) is 0 Å². The van der Waals surface area contributed by atoms with Crippen LogP contribution in [0.4, 0.5) is 5.69 Å². The molecule has 27 heavy (non-hydrogen) atoms. The number of carbonyl (C=O) groups is 2. The molecule has 0 aliphatic carbocycles. The predicted molar refractivity (Wildman–Crippen MR) is 107 cm³/mol. The molecule has 6 nitrogen and oxygen atoms in total. The zero-order chi connectivity index (χ0) is 19.6. The molecule has 0 spiro atoms. The number of methoxy groups -OCH3 is 1. The van der Waals surface area contributed by atoms with E-state index in [0.29, 0.717) is 29.1 Å². The van der Waals surface area contributed by atoms with E-state index in [2.05, 4.69) is 24.5 Å². The fourth-order valence-corrected chi connectivity index (χ4v) is 2.73. The number of anilines is 1. The van der Waals surface area contributed by atoms with Crippen molar-refractivity contribution in [1.29, 1.82) is 0 Å². The van der Waals surface area contributed by atoms with Crippen LogP contribution in [0.5, 0.6) is 5.75 Å². The quantitative estimate of drug-likeness (QED) is 0.628. The van der Waals surface area contributed by atoms with Gasteiger partial charge in [-0.2, -0.15) is 0 Å². The average molecular weight is 370 g/mol. The Morgan fingerprint density at radius 1 is 0.963 bits per heavy atom. The zero-order valence-corrected chi connectivity index (χ0v) is 16.2. The summed E-state index contributed by atoms with van der Waals surface area (Å²) >= 11 is 0. The van der Waals surface area contributed by atoms with Gasteiger partial charge in [-0.15, -0.1) is 0 Å². The molecule has 0 saturated heterocycles. The highest BCUT2D eigenvalue weighted by Gasteiger charge is 2.10. The summed E-state index contributed by atoms with van der Waals surface area (Å²) in [4.78, 5) is 26.0. The van der Waals surface area contributed by atoms with Crippen molar-refractivity contribution in [1.82, 2.24) is 5.32 Å². The first-order valence-electron chi connectivity index (χ1n) is 9.24. The summed E-state index contributed by atoms with van der Waals surface area (Å²) in [6, 6.07) is 13.8. The molecule has 0 aliphatic rings. The van der Waals surface area contributed by atoms with Gasteiger partial charge in [0.05, 0.1) is 33.3 Å². The molecule has 6 heteroatoms. The van der Waals surface area contributed by atoms with Gasteiger partial charge in [-0.05, 0) is 56.3 Å². The molecule has 0 fully saturated rings. The van der Waals surface area contributed by atoms with Crippen molar-refractivity contribution in [2.45, 2.75) is 13.8 Å². The number of rotatable bonds is 9. The summed E-state index contributed by atoms with van der Waals surface area (Å²) in [5.41, 5.74) is 1.71. The monoisotopic (exact) mass is 370 g/mol. The third-order valence-corrected chi connectivity index (χ3v) is 4.50. The molecule has 144 valence electrons. The first-order chi connectivity index (χ1) is 13.1. The van der Waals surface area contributed by atoms with Gasteiger partial charge in [-0.3, -0.25) is 9.59 Å². The highest BCUT2D eigenvalue weighted by molar-refractivity contribution is 6.04. The second-order valence-electron chi connectivity index (χ2n) is 6.23. The number of hydrogen-bond acceptors (Lipinski definition) is 3. The van der Waals surface area contributed by atoms with E-state index >= 15 is 0 Å². The minimum atomic E-state index is -0.228. The van der Waals surface area contributed by atoms with Crippen LogP contribution in [0, 0.1) is 0 Å². The van der Waals surface area contributed by atoms with Crippen LogP contribution in [0.15, 0.2) is 48.5 Å². The molecule has 2 amide bonds. The highest BCUT2D eigenvalue weighted by atomic mass is 16.5. The van der Waals surface area contributed by atoms with E-state index in [4.69, 9.17) is 4.74 Å². The van der Waals surface area contributed by atoms with Gasteiger partial charge < -0.3 is 20.3 Å². The summed E-state index contributed by atoms with van der Waals surface area (Å²) in [6.45, 7) is 7.93. The molecule has 0 aromatic heterocycles. The summed E-state index contributed by atoms with van der Waals surface area (Å²) in [6.07, 6.45) is 0. The minimum Gasteiger partial charge on any atom is -0.497 e. The maximum atomic E-state index is 12.3. The summed E-state index contributed by atoms with van der Waals surface area (Å²) in [5, 5.41) is 5.76. The smallest absolute Gasteiger partial charge is 0.255 e. The normalized spacial score (nSPS) is 10.5. The van der Waals surface area contributed by atoms with Gasteiger partial charge in [0.1, 0.15) is 5.75 Å². The Morgan fingerprint density at radius 2 is 1.67 bits per heavy atom. The van der Waals surface area contributed by atoms with E-state index < -0.39 is 0 Å². The number of quaternary nitrogens is 1. The van der Waals surface area contributed by atoms with E-state index in [-0.39, 0.29) is 11.8 Å². The van der Waals surface area contributed by atoms with Crippen molar-refractivity contribution >= 4 is 17.5 Å². The lowest BCUT2D eigenvalue weighted by molar-refractivity contribution is -0.895. The number of nitrogens with one attached hydrogen (secondary N) is 3. The van der Waals surface area contributed by atoms with Gasteiger partial charge in [0, 0.05) is 16.8 Å². The minimum absolute atomic E-state index is 0.104. The fraction of sp³-hybridized carbons (Fsp3) is 0.333. The molecule has 3 N–H and O–H groups in total. The summed E-state index contributed by atoms with van der Waals surface area (Å²) in [5.74, 6) is 0.293. The predicted octanol–water partition coefficient (Wildman–Crippen LogP) is 1.60. The standard InChI is InChI=1S/C21H27N3O3/c1-4-24(5-2)14-13-22-20(25)16-9-11-18(12-10-16)23-21(26)17-7-6-8-19(15-17)27-3/h6-12,15H,4-5,13-14H2,1-3H3,(H,22,25)(H,23,26)/p+1. The van der Waals surface area contributed by atoms with E-state index in [1.165, 1.54) is 4.90 Å². The Balaban J connectivity index is 1.90. The van der Waals surface area contributed by atoms with Crippen LogP contribution in [-0.4, -0.2) is 45.1 Å². The van der Waals surface area contributed by atoms with Crippen molar-refractivity contribution in [3.8, 4) is 5.75 Å². The molecule has 0 aliphatic heterocycles. The molecule has 0 bridgehead atoms. The number of likely N-dealkylation sites (N-methyl/N-ethyl adjacent to an activating group) is 1. The third-order valence-electron chi connectivity index (χ3n) is 4.50. The molecule has 2 aromatic rings. The van der Waals surface area contributed by atoms with Gasteiger partial charge >= 0.3 is 0 Å². The van der Waals surface area contributed by atoms with Crippen LogP contribution >= 0.6 is 0 Å². The second-order valence-corrected chi connectivity index (χ2v) is 6.23. The molecule has 0 heterocycles. The molecule has 2 aromatic carbocycles. The summed E-state index contributed by atoms with van der Waals surface area (Å²) in [7, 11) is 1.56. The van der Waals surface area contributed by atoms with Crippen molar-refractivity contribution in [3.05, 3.63) is 59.7 Å². The van der Waals surface area contributed by atoms with Crippen LogP contribution in [0.1, 0.15) is 34.6 Å². The van der Waals surface area contributed by atoms with Crippen LogP contribution < -0.4 is 20.3 Å². The summed E-state index contributed by atoms with van der Waals surface area (Å²) < 4.78 is 5.13. The van der Waals surface area contributed by atoms with Gasteiger partial charge in [0.15, 0.2) is 0 Å². The van der Waals surface area contributed by atoms with Crippen molar-refractivity contribution < 1.29 is 19.2 Å². The number of amides is 2. The molecular formula is C21H28N3O3+. The molecule has 0 saturated carbocycles. The van der Waals surface area contributed by atoms with Crippen LogP contribution in [0.3, 0.4) is 0 Å². The van der Waals surface area contributed by atoms with Crippen molar-refractivity contribution in [2.75, 3.05) is 38.6 Å². The molecule has 0 atom stereocenters. The lowest BCUT2D eigenvalue weighted by Gasteiger charge is -2.15. The lowest BCUT2D eigenvalue weighted by Crippen LogP contribution is -3.12. The van der Waals surface area contributed by atoms with Crippen LogP contribution in [0.25, 0.3) is 0 Å². The fourth-order valence-electron chi connectivity index (χ4n) is 2.73. The first kappa shape index (κ1) is 20.5. The van der Waals surface area contributed by atoms with Gasteiger partial charge in [-0.1, -0.05) is 6.07 Å². The highest BCUT2D eigenvalue weighted by Crippen LogP contribution is 2.15. The second kappa shape index (κ2) is 10.3. The lowest BCUT2D eigenvalue weighted by atomic mass is 10.1. The van der Waals surface area contributed by atoms with E-state index in [1.807, 2.05) is 0 Å². The molecular weight excluding hydrogens is 342 g/mol. The Hall–Kier alpha value is -2.86. The van der Waals surface area contributed by atoms with Crippen LogP contribution in [-0.2, 0) is 0 Å². The third kappa shape index (κ3) is 6.11. The first-order valence-corrected chi connectivity index (χ1v) is 9.24. The number of ether oxygens (including phenoxy) is 1. The van der Waals surface area contributed by atoms with E-state index in [9.17, 15) is 9.59 Å². The zero-order valence-electron chi connectivity index (χ0n) is 16.2.